The van der Waals surface area contributed by atoms with Crippen molar-refractivity contribution >= 4 is 23.2 Å². The molecule has 1 atom stereocenters. The molecule has 0 radical (unpaired) electrons. The molecule has 2 rings (SSSR count). The number of non-ortho nitro benzene ring substituents is 1. The van der Waals surface area contributed by atoms with E-state index in [1.807, 2.05) is 6.92 Å². The first-order valence-corrected chi connectivity index (χ1v) is 6.38. The molecule has 1 heterocycles. The van der Waals surface area contributed by atoms with Gasteiger partial charge in [-0.2, -0.15) is 0 Å². The molecule has 1 fully saturated rings. The number of benzene rings is 1. The first-order chi connectivity index (χ1) is 9.52. The van der Waals surface area contributed by atoms with Gasteiger partial charge in [0.2, 0.25) is 5.91 Å². The van der Waals surface area contributed by atoms with E-state index in [-0.39, 0.29) is 23.9 Å². The lowest BCUT2D eigenvalue weighted by atomic mass is 10.2. The Hall–Kier alpha value is -2.44. The normalized spacial score (nSPS) is 18.4. The molecular formula is C13H15N3O4. The number of nitrogens with one attached hydrogen (secondary N) is 1. The van der Waals surface area contributed by atoms with Gasteiger partial charge in [-0.05, 0) is 12.5 Å². The standard InChI is InChI=1S/C13H15N3O4/c1-2-6-15-12(17)8-11(13(15)18)14-9-4-3-5-10(7-9)16(19)20/h3-5,7,11,14H,2,6,8H2,1H3. The first kappa shape index (κ1) is 14.0. The maximum absolute atomic E-state index is 12.0. The third kappa shape index (κ3) is 2.76. The quantitative estimate of drug-likeness (QED) is 0.500. The molecular weight excluding hydrogens is 262 g/mol. The lowest BCUT2D eigenvalue weighted by Crippen LogP contribution is -2.35. The molecule has 1 aliphatic rings. The summed E-state index contributed by atoms with van der Waals surface area (Å²) in [6.07, 6.45) is 0.794. The van der Waals surface area contributed by atoms with Gasteiger partial charge in [-0.25, -0.2) is 0 Å². The van der Waals surface area contributed by atoms with Crippen molar-refractivity contribution in [2.24, 2.45) is 0 Å². The largest absolute Gasteiger partial charge is 0.373 e. The Morgan fingerprint density at radius 1 is 1.45 bits per heavy atom. The van der Waals surface area contributed by atoms with E-state index >= 15 is 0 Å². The van der Waals surface area contributed by atoms with E-state index in [0.717, 1.165) is 0 Å². The van der Waals surface area contributed by atoms with Crippen molar-refractivity contribution in [3.05, 3.63) is 34.4 Å². The van der Waals surface area contributed by atoms with E-state index in [9.17, 15) is 19.7 Å². The predicted octanol–water partition coefficient (Wildman–Crippen LogP) is 1.54. The fourth-order valence-electron chi connectivity index (χ4n) is 2.16. The molecule has 1 aliphatic heterocycles. The Morgan fingerprint density at radius 2 is 2.20 bits per heavy atom. The Morgan fingerprint density at radius 3 is 2.85 bits per heavy atom. The van der Waals surface area contributed by atoms with Crippen LogP contribution < -0.4 is 5.32 Å². The topological polar surface area (TPSA) is 92.6 Å². The summed E-state index contributed by atoms with van der Waals surface area (Å²) in [6, 6.07) is 5.24. The fraction of sp³-hybridized carbons (Fsp3) is 0.385. The smallest absolute Gasteiger partial charge is 0.271 e. The van der Waals surface area contributed by atoms with Gasteiger partial charge in [0.05, 0.1) is 11.3 Å². The van der Waals surface area contributed by atoms with E-state index < -0.39 is 11.0 Å². The second-order valence-electron chi connectivity index (χ2n) is 4.59. The van der Waals surface area contributed by atoms with Crippen molar-refractivity contribution in [3.8, 4) is 0 Å². The highest BCUT2D eigenvalue weighted by atomic mass is 16.6. The third-order valence-corrected chi connectivity index (χ3v) is 3.09. The third-order valence-electron chi connectivity index (χ3n) is 3.09. The number of rotatable bonds is 5. The van der Waals surface area contributed by atoms with Gasteiger partial charge >= 0.3 is 0 Å². The number of likely N-dealkylation sites (tertiary alicyclic amines) is 1. The number of carbonyl (C=O) groups is 2. The number of anilines is 1. The van der Waals surface area contributed by atoms with E-state index in [2.05, 4.69) is 5.32 Å². The molecule has 1 unspecified atom stereocenters. The number of nitro benzene ring substituents is 1. The number of amides is 2. The van der Waals surface area contributed by atoms with E-state index in [1.54, 1.807) is 6.07 Å². The monoisotopic (exact) mass is 277 g/mol. The SMILES string of the molecule is CCCN1C(=O)CC(Nc2cccc([N+](=O)[O-])c2)C1=O. The van der Waals surface area contributed by atoms with Crippen LogP contribution in [0.2, 0.25) is 0 Å². The maximum Gasteiger partial charge on any atom is 0.271 e. The van der Waals surface area contributed by atoms with Crippen LogP contribution in [0.5, 0.6) is 0 Å². The van der Waals surface area contributed by atoms with Crippen LogP contribution in [0.1, 0.15) is 19.8 Å². The fourth-order valence-corrected chi connectivity index (χ4v) is 2.16. The molecule has 7 heteroatoms. The number of nitrogens with zero attached hydrogens (tertiary/aromatic N) is 2. The molecule has 1 aromatic carbocycles. The second kappa shape index (κ2) is 5.68. The lowest BCUT2D eigenvalue weighted by Gasteiger charge is -2.14. The molecule has 0 aliphatic carbocycles. The van der Waals surface area contributed by atoms with Crippen molar-refractivity contribution in [3.63, 3.8) is 0 Å². The number of nitro groups is 1. The molecule has 0 bridgehead atoms. The average Bonchev–Trinajstić information content (AvgIpc) is 2.67. The molecule has 1 saturated heterocycles. The van der Waals surface area contributed by atoms with Crippen molar-refractivity contribution in [1.82, 2.24) is 4.90 Å². The summed E-state index contributed by atoms with van der Waals surface area (Å²) in [5, 5.41) is 13.6. The molecule has 7 nitrogen and oxygen atoms in total. The molecule has 106 valence electrons. The molecule has 1 N–H and O–H groups in total. The highest BCUT2D eigenvalue weighted by molar-refractivity contribution is 6.06. The van der Waals surface area contributed by atoms with Gasteiger partial charge in [-0.1, -0.05) is 13.0 Å². The number of imide groups is 1. The van der Waals surface area contributed by atoms with E-state index in [1.165, 1.54) is 23.1 Å². The van der Waals surface area contributed by atoms with Crippen molar-refractivity contribution < 1.29 is 14.5 Å². The predicted molar refractivity (Wildman–Crippen MR) is 72.1 cm³/mol. The minimum absolute atomic E-state index is 0.0582. The summed E-state index contributed by atoms with van der Waals surface area (Å²) < 4.78 is 0. The summed E-state index contributed by atoms with van der Waals surface area (Å²) in [7, 11) is 0. The minimum atomic E-state index is -0.643. The first-order valence-electron chi connectivity index (χ1n) is 6.38. The van der Waals surface area contributed by atoms with Crippen molar-refractivity contribution in [1.29, 1.82) is 0 Å². The van der Waals surface area contributed by atoms with Crippen LogP contribution in [0, 0.1) is 10.1 Å². The van der Waals surface area contributed by atoms with Crippen LogP contribution in [-0.2, 0) is 9.59 Å². The highest BCUT2D eigenvalue weighted by Gasteiger charge is 2.37. The van der Waals surface area contributed by atoms with Gasteiger partial charge in [-0.15, -0.1) is 0 Å². The van der Waals surface area contributed by atoms with E-state index in [0.29, 0.717) is 18.7 Å². The zero-order valence-corrected chi connectivity index (χ0v) is 11.0. The zero-order chi connectivity index (χ0) is 14.7. The number of hydrogen-bond acceptors (Lipinski definition) is 5. The Labute approximate surface area is 115 Å². The second-order valence-corrected chi connectivity index (χ2v) is 4.59. The highest BCUT2D eigenvalue weighted by Crippen LogP contribution is 2.22. The van der Waals surface area contributed by atoms with Crippen molar-refractivity contribution in [2.45, 2.75) is 25.8 Å². The van der Waals surface area contributed by atoms with Gasteiger partial charge in [0.15, 0.2) is 0 Å². The number of carbonyl (C=O) groups excluding carboxylic acids is 2. The minimum Gasteiger partial charge on any atom is -0.373 e. The van der Waals surface area contributed by atoms with Crippen molar-refractivity contribution in [2.75, 3.05) is 11.9 Å². The summed E-state index contributed by atoms with van der Waals surface area (Å²) >= 11 is 0. The van der Waals surface area contributed by atoms with Crippen LogP contribution in [0.4, 0.5) is 11.4 Å². The molecule has 0 spiro atoms. The Kier molecular flexibility index (Phi) is 3.97. The molecule has 0 aromatic heterocycles. The lowest BCUT2D eigenvalue weighted by molar-refractivity contribution is -0.384. The van der Waals surface area contributed by atoms with Crippen LogP contribution >= 0.6 is 0 Å². The molecule has 1 aromatic rings. The zero-order valence-electron chi connectivity index (χ0n) is 11.0. The van der Waals surface area contributed by atoms with E-state index in [4.69, 9.17) is 0 Å². The molecule has 20 heavy (non-hydrogen) atoms. The summed E-state index contributed by atoms with van der Waals surface area (Å²) in [4.78, 5) is 35.2. The van der Waals surface area contributed by atoms with Crippen LogP contribution in [0.3, 0.4) is 0 Å². The van der Waals surface area contributed by atoms with Gasteiger partial charge in [0, 0.05) is 24.4 Å². The number of hydrogen-bond donors (Lipinski definition) is 1. The Bertz CT molecular complexity index is 558. The van der Waals surface area contributed by atoms with Gasteiger partial charge in [-0.3, -0.25) is 24.6 Å². The Balaban J connectivity index is 2.11. The van der Waals surface area contributed by atoms with Crippen LogP contribution in [0.15, 0.2) is 24.3 Å². The maximum atomic E-state index is 12.0. The molecule has 0 saturated carbocycles. The average molecular weight is 277 g/mol. The van der Waals surface area contributed by atoms with Gasteiger partial charge < -0.3 is 5.32 Å². The van der Waals surface area contributed by atoms with Crippen LogP contribution in [-0.4, -0.2) is 34.2 Å². The summed E-state index contributed by atoms with van der Waals surface area (Å²) in [5.41, 5.74) is 0.404. The summed E-state index contributed by atoms with van der Waals surface area (Å²) in [5.74, 6) is -0.483. The summed E-state index contributed by atoms with van der Waals surface area (Å²) in [6.45, 7) is 2.30. The van der Waals surface area contributed by atoms with Gasteiger partial charge in [0.1, 0.15) is 6.04 Å². The van der Waals surface area contributed by atoms with Crippen LogP contribution in [0.25, 0.3) is 0 Å². The molecule has 2 amide bonds. The van der Waals surface area contributed by atoms with Gasteiger partial charge in [0.25, 0.3) is 11.6 Å².